The van der Waals surface area contributed by atoms with Gasteiger partial charge in [-0.3, -0.25) is 18.3 Å². The van der Waals surface area contributed by atoms with Crippen molar-refractivity contribution in [2.24, 2.45) is 0 Å². The first kappa shape index (κ1) is 37.8. The Morgan fingerprint density at radius 2 is 1.74 bits per heavy atom. The van der Waals surface area contributed by atoms with E-state index in [1.165, 1.54) is 17.2 Å². The Hall–Kier alpha value is 1.64. The number of nitrogen functional groups attached to an aromatic ring is 1. The van der Waals surface area contributed by atoms with Crippen molar-refractivity contribution in [3.63, 3.8) is 0 Å². The van der Waals surface area contributed by atoms with Gasteiger partial charge in [0.1, 0.15) is 24.2 Å². The van der Waals surface area contributed by atoms with Gasteiger partial charge in [0.25, 0.3) is 23.5 Å². The molecule has 0 aromatic carbocycles. The Balaban J connectivity index is 0. The first-order chi connectivity index (χ1) is 13.8. The fourth-order valence-electron chi connectivity index (χ4n) is 2.57. The molecule has 6 N–H and O–H groups in total. The van der Waals surface area contributed by atoms with Gasteiger partial charge in [-0.1, -0.05) is 0 Å². The minimum absolute atomic E-state index is 0. The Kier molecular flexibility index (Phi) is 16.3. The average molecular weight is 575 g/mol. The summed E-state index contributed by atoms with van der Waals surface area (Å²) in [5.41, 5.74) is 6.24. The summed E-state index contributed by atoms with van der Waals surface area (Å²) in [6.45, 7) is -0.893. The number of aliphatic hydroxyl groups is 1. The number of nitrogens with two attached hydrogens (primary N) is 1. The smallest absolute Gasteiger partial charge is 0.756 e. The van der Waals surface area contributed by atoms with Gasteiger partial charge in [0.15, 0.2) is 11.5 Å². The van der Waals surface area contributed by atoms with Crippen LogP contribution >= 0.6 is 23.5 Å². The molecule has 3 unspecified atom stereocenters. The van der Waals surface area contributed by atoms with E-state index in [9.17, 15) is 33.5 Å². The molecule has 18 nitrogen and oxygen atoms in total. The largest absolute Gasteiger partial charge is 1.00 e. The number of imidazole rings is 1. The van der Waals surface area contributed by atoms with Crippen LogP contribution in [0.2, 0.25) is 0 Å². The molecule has 34 heavy (non-hydrogen) atoms. The summed E-state index contributed by atoms with van der Waals surface area (Å²) >= 11 is 0. The maximum Gasteiger partial charge on any atom is 1.00 e. The zero-order valence-electron chi connectivity index (χ0n) is 18.0. The summed E-state index contributed by atoms with van der Waals surface area (Å²) < 4.78 is 51.0. The summed E-state index contributed by atoms with van der Waals surface area (Å²) in [6.07, 6.45) is -0.897. The van der Waals surface area contributed by atoms with Crippen molar-refractivity contribution in [2.45, 2.75) is 24.9 Å². The molecule has 0 bridgehead atoms. The molecular formula is C10H15N5Na3O13P3. The monoisotopic (exact) mass is 575 g/mol. The molecular weight excluding hydrogens is 560 g/mol. The predicted molar refractivity (Wildman–Crippen MR) is 91.0 cm³/mol. The molecule has 0 radical (unpaired) electrons. The van der Waals surface area contributed by atoms with Crippen LogP contribution < -0.4 is 109 Å². The maximum absolute atomic E-state index is 11.6. The van der Waals surface area contributed by atoms with E-state index in [1.54, 1.807) is 0 Å². The first-order valence-corrected chi connectivity index (χ1v) is 12.2. The van der Waals surface area contributed by atoms with Gasteiger partial charge in [-0.25, -0.2) is 23.6 Å². The molecule has 1 saturated heterocycles. The van der Waals surface area contributed by atoms with E-state index in [0.29, 0.717) is 0 Å². The number of aromatic nitrogens is 4. The van der Waals surface area contributed by atoms with E-state index < -0.39 is 48.5 Å². The van der Waals surface area contributed by atoms with Crippen LogP contribution in [0.25, 0.3) is 11.2 Å². The molecule has 0 aliphatic carbocycles. The second-order valence-corrected chi connectivity index (χ2v) is 10.1. The van der Waals surface area contributed by atoms with Gasteiger partial charge in [0.2, 0.25) is 0 Å². The van der Waals surface area contributed by atoms with Gasteiger partial charge in [-0.2, -0.15) is 0 Å². The molecule has 2 aromatic heterocycles. The van der Waals surface area contributed by atoms with Crippen LogP contribution in [0.5, 0.6) is 0 Å². The van der Waals surface area contributed by atoms with Gasteiger partial charge < -0.3 is 45.2 Å². The summed E-state index contributed by atoms with van der Waals surface area (Å²) in [5, 5.41) is 10.1. The van der Waals surface area contributed by atoms with E-state index in [2.05, 4.69) is 28.1 Å². The molecule has 1 aliphatic rings. The summed E-state index contributed by atoms with van der Waals surface area (Å²) in [4.78, 5) is 53.3. The van der Waals surface area contributed by atoms with E-state index >= 15 is 0 Å². The van der Waals surface area contributed by atoms with Crippen molar-refractivity contribution in [2.75, 3.05) is 12.3 Å². The van der Waals surface area contributed by atoms with Crippen LogP contribution in [0.1, 0.15) is 12.6 Å². The second-order valence-electron chi connectivity index (χ2n) is 5.84. The molecule has 2 aromatic rings. The third kappa shape index (κ3) is 10.4. The van der Waals surface area contributed by atoms with Crippen LogP contribution in [0.15, 0.2) is 12.7 Å². The Morgan fingerprint density at radius 3 is 2.32 bits per heavy atom. The Bertz CT molecular complexity index is 1090. The van der Waals surface area contributed by atoms with Crippen molar-refractivity contribution < 1.29 is 150 Å². The van der Waals surface area contributed by atoms with E-state index in [1.807, 2.05) is 0 Å². The number of aliphatic hydroxyl groups excluding tert-OH is 1. The Labute approximate surface area is 257 Å². The van der Waals surface area contributed by atoms with Gasteiger partial charge in [-0.05, 0) is 0 Å². The van der Waals surface area contributed by atoms with Crippen LogP contribution in [-0.2, 0) is 31.6 Å². The normalized spacial score (nSPS) is 24.8. The molecule has 24 heteroatoms. The molecule has 6 atom stereocenters. The molecule has 3 heterocycles. The van der Waals surface area contributed by atoms with Crippen LogP contribution in [0.4, 0.5) is 5.82 Å². The molecule has 0 amide bonds. The van der Waals surface area contributed by atoms with E-state index in [4.69, 9.17) is 15.4 Å². The molecule has 1 fully saturated rings. The fraction of sp³-hybridized carbons (Fsp3) is 0.500. The Morgan fingerprint density at radius 1 is 1.12 bits per heavy atom. The number of fused-ring (bicyclic) bond motifs is 1. The quantitative estimate of drug-likeness (QED) is 0.194. The van der Waals surface area contributed by atoms with Gasteiger partial charge >= 0.3 is 88.7 Å². The SMILES string of the molecule is Nc1ncnc2c1ncn2[C@H]1C[C@H](O)[C@@H](COP(=O)([O-])OP(=O)([O-])OP(=O)([O-])O)O1.O.[Na+].[Na+].[Na+]. The van der Waals surface area contributed by atoms with Gasteiger partial charge in [-0.15, -0.1) is 0 Å². The average Bonchev–Trinajstić information content (AvgIpc) is 3.14. The first-order valence-electron chi connectivity index (χ1n) is 7.76. The molecule has 0 spiro atoms. The van der Waals surface area contributed by atoms with Crippen molar-refractivity contribution in [1.29, 1.82) is 0 Å². The molecule has 176 valence electrons. The molecule has 1 aliphatic heterocycles. The van der Waals surface area contributed by atoms with Crippen molar-refractivity contribution in [1.82, 2.24) is 19.5 Å². The standard InChI is InChI=1S/C10H16N5O12P3.3Na.H2O/c11-9-8-10(13-3-12-9)15(4-14-8)7-1-5(16)6(25-7)2-24-29(20,21)27-30(22,23)26-28(17,18)19;;;;/h3-7,16H,1-2H2,(H,20,21)(H,22,23)(H2,11,12,13)(H2,17,18,19);;;;1H2/q;3*+1;/p-3/t5-,6+,7+;;;;/m0..../s1. The minimum Gasteiger partial charge on any atom is -0.756 e. The number of nitrogens with zero attached hydrogens (tertiary/aromatic N) is 4. The van der Waals surface area contributed by atoms with Crippen molar-refractivity contribution in [3.8, 4) is 0 Å². The van der Waals surface area contributed by atoms with Crippen LogP contribution in [-0.4, -0.2) is 53.8 Å². The predicted octanol–water partition coefficient (Wildman–Crippen LogP) is -12.3. The van der Waals surface area contributed by atoms with Crippen molar-refractivity contribution in [3.05, 3.63) is 12.7 Å². The van der Waals surface area contributed by atoms with E-state index in [-0.39, 0.29) is 118 Å². The maximum atomic E-state index is 11.6. The topological polar surface area (TPSA) is 299 Å². The minimum atomic E-state index is -6.01. The van der Waals surface area contributed by atoms with Crippen LogP contribution in [0.3, 0.4) is 0 Å². The summed E-state index contributed by atoms with van der Waals surface area (Å²) in [7, 11) is -17.5. The zero-order valence-corrected chi connectivity index (χ0v) is 26.7. The van der Waals surface area contributed by atoms with Crippen molar-refractivity contribution >= 4 is 40.4 Å². The number of hydrogen-bond acceptors (Lipinski definition) is 15. The number of ether oxygens (including phenoxy) is 1. The number of phosphoric ester groups is 1. The number of rotatable bonds is 8. The van der Waals surface area contributed by atoms with Gasteiger partial charge in [0.05, 0.1) is 19.0 Å². The third-order valence-electron chi connectivity index (χ3n) is 3.70. The summed E-state index contributed by atoms with van der Waals surface area (Å²) in [6, 6.07) is 0. The zero-order chi connectivity index (χ0) is 22.3. The number of anilines is 1. The fourth-order valence-corrected chi connectivity index (χ4v) is 5.47. The number of phosphoric acid groups is 3. The summed E-state index contributed by atoms with van der Waals surface area (Å²) in [5.74, 6) is 0.108. The third-order valence-corrected chi connectivity index (χ3v) is 7.39. The van der Waals surface area contributed by atoms with Gasteiger partial charge in [0, 0.05) is 6.42 Å². The molecule has 3 rings (SSSR count). The van der Waals surface area contributed by atoms with Crippen LogP contribution in [0, 0.1) is 0 Å². The van der Waals surface area contributed by atoms with E-state index in [0.717, 1.165) is 0 Å². The second kappa shape index (κ2) is 14.7. The molecule has 0 saturated carbocycles. The number of hydrogen-bond donors (Lipinski definition) is 3.